The first-order chi connectivity index (χ1) is 10.2. The standard InChI is InChI=1S/C16H26N2O3/c19-14(13-6-7-13)9-11-18-16(21)15(20)17-10-8-12-4-2-1-3-5-12/h4,13-14,19H,1-3,5-11H2,(H,17,20)(H,18,21)/t14-/m0/s1. The maximum Gasteiger partial charge on any atom is 0.309 e. The molecule has 3 N–H and O–H groups in total. The van der Waals surface area contributed by atoms with Crippen molar-refractivity contribution >= 4 is 11.8 Å². The van der Waals surface area contributed by atoms with Crippen LogP contribution in [0.3, 0.4) is 0 Å². The van der Waals surface area contributed by atoms with Crippen molar-refractivity contribution in [1.29, 1.82) is 0 Å². The monoisotopic (exact) mass is 294 g/mol. The fourth-order valence-corrected chi connectivity index (χ4v) is 2.68. The molecular weight excluding hydrogens is 268 g/mol. The second-order valence-corrected chi connectivity index (χ2v) is 6.06. The molecule has 2 rings (SSSR count). The second-order valence-electron chi connectivity index (χ2n) is 6.06. The molecule has 0 aromatic carbocycles. The normalized spacial score (nSPS) is 19.6. The molecule has 1 fully saturated rings. The maximum absolute atomic E-state index is 11.6. The highest BCUT2D eigenvalue weighted by Crippen LogP contribution is 2.33. The van der Waals surface area contributed by atoms with E-state index in [-0.39, 0.29) is 6.10 Å². The molecule has 0 aliphatic heterocycles. The summed E-state index contributed by atoms with van der Waals surface area (Å²) in [5.74, 6) is -0.776. The summed E-state index contributed by atoms with van der Waals surface area (Å²) in [6.45, 7) is 0.873. The number of amides is 2. The highest BCUT2D eigenvalue weighted by atomic mass is 16.3. The van der Waals surface area contributed by atoms with Crippen molar-refractivity contribution in [3.05, 3.63) is 11.6 Å². The van der Waals surface area contributed by atoms with Gasteiger partial charge in [0.15, 0.2) is 0 Å². The number of hydrogen-bond acceptors (Lipinski definition) is 3. The molecule has 0 heterocycles. The van der Waals surface area contributed by atoms with Crippen LogP contribution in [0.2, 0.25) is 0 Å². The zero-order chi connectivity index (χ0) is 15.1. The van der Waals surface area contributed by atoms with E-state index >= 15 is 0 Å². The number of aliphatic hydroxyl groups excluding tert-OH is 1. The number of nitrogens with one attached hydrogen (secondary N) is 2. The average molecular weight is 294 g/mol. The van der Waals surface area contributed by atoms with E-state index in [9.17, 15) is 14.7 Å². The van der Waals surface area contributed by atoms with Crippen LogP contribution in [0.1, 0.15) is 51.4 Å². The van der Waals surface area contributed by atoms with Crippen LogP contribution in [-0.4, -0.2) is 36.1 Å². The lowest BCUT2D eigenvalue weighted by Crippen LogP contribution is -2.41. The summed E-state index contributed by atoms with van der Waals surface area (Å²) in [5, 5.41) is 14.9. The predicted molar refractivity (Wildman–Crippen MR) is 80.5 cm³/mol. The molecule has 0 bridgehead atoms. The van der Waals surface area contributed by atoms with Gasteiger partial charge in [-0.1, -0.05) is 11.6 Å². The Morgan fingerprint density at radius 2 is 1.90 bits per heavy atom. The van der Waals surface area contributed by atoms with Crippen LogP contribution in [0, 0.1) is 5.92 Å². The van der Waals surface area contributed by atoms with Gasteiger partial charge < -0.3 is 15.7 Å². The lowest BCUT2D eigenvalue weighted by atomic mass is 9.97. The van der Waals surface area contributed by atoms with Crippen molar-refractivity contribution in [3.63, 3.8) is 0 Å². The van der Waals surface area contributed by atoms with Gasteiger partial charge in [-0.25, -0.2) is 0 Å². The van der Waals surface area contributed by atoms with E-state index in [0.717, 1.165) is 32.1 Å². The fourth-order valence-electron chi connectivity index (χ4n) is 2.68. The van der Waals surface area contributed by atoms with Crippen LogP contribution < -0.4 is 10.6 Å². The molecule has 5 heteroatoms. The van der Waals surface area contributed by atoms with Crippen molar-refractivity contribution in [2.45, 2.75) is 57.5 Å². The van der Waals surface area contributed by atoms with Gasteiger partial charge in [-0.3, -0.25) is 9.59 Å². The maximum atomic E-state index is 11.6. The van der Waals surface area contributed by atoms with Gasteiger partial charge in [-0.15, -0.1) is 0 Å². The van der Waals surface area contributed by atoms with E-state index in [0.29, 0.717) is 25.4 Å². The van der Waals surface area contributed by atoms with Crippen molar-refractivity contribution in [2.75, 3.05) is 13.1 Å². The lowest BCUT2D eigenvalue weighted by molar-refractivity contribution is -0.139. The molecule has 118 valence electrons. The number of allylic oxidation sites excluding steroid dienone is 1. The van der Waals surface area contributed by atoms with Crippen LogP contribution in [-0.2, 0) is 9.59 Å². The van der Waals surface area contributed by atoms with Gasteiger partial charge in [0.25, 0.3) is 0 Å². The van der Waals surface area contributed by atoms with E-state index in [2.05, 4.69) is 16.7 Å². The molecule has 2 aliphatic rings. The van der Waals surface area contributed by atoms with Crippen molar-refractivity contribution in [1.82, 2.24) is 10.6 Å². The Hall–Kier alpha value is -1.36. The molecule has 0 aromatic heterocycles. The number of carbonyl (C=O) groups excluding carboxylic acids is 2. The molecule has 0 unspecified atom stereocenters. The van der Waals surface area contributed by atoms with Gasteiger partial charge in [0.1, 0.15) is 0 Å². The van der Waals surface area contributed by atoms with Crippen LogP contribution in [0.4, 0.5) is 0 Å². The van der Waals surface area contributed by atoms with Crippen LogP contribution >= 0.6 is 0 Å². The Kier molecular flexibility index (Phi) is 6.23. The minimum Gasteiger partial charge on any atom is -0.393 e. The average Bonchev–Trinajstić information content (AvgIpc) is 3.32. The minimum absolute atomic E-state index is 0.341. The number of carbonyl (C=O) groups is 2. The van der Waals surface area contributed by atoms with Gasteiger partial charge in [-0.2, -0.15) is 0 Å². The largest absolute Gasteiger partial charge is 0.393 e. The highest BCUT2D eigenvalue weighted by Gasteiger charge is 2.29. The molecule has 0 saturated heterocycles. The number of aliphatic hydroxyl groups is 1. The number of rotatable bonds is 7. The van der Waals surface area contributed by atoms with Crippen LogP contribution in [0.15, 0.2) is 11.6 Å². The van der Waals surface area contributed by atoms with E-state index in [4.69, 9.17) is 0 Å². The third-order valence-corrected chi connectivity index (χ3v) is 4.21. The molecule has 21 heavy (non-hydrogen) atoms. The predicted octanol–water partition coefficient (Wildman–Crippen LogP) is 1.27. The Balaban J connectivity index is 1.54. The second kappa shape index (κ2) is 8.17. The fraction of sp³-hybridized carbons (Fsp3) is 0.750. The van der Waals surface area contributed by atoms with Gasteiger partial charge in [0, 0.05) is 13.1 Å². The summed E-state index contributed by atoms with van der Waals surface area (Å²) in [6, 6.07) is 0. The van der Waals surface area contributed by atoms with Crippen LogP contribution in [0.25, 0.3) is 0 Å². The molecule has 1 saturated carbocycles. The smallest absolute Gasteiger partial charge is 0.309 e. The van der Waals surface area contributed by atoms with Crippen LogP contribution in [0.5, 0.6) is 0 Å². The third kappa shape index (κ3) is 5.87. The van der Waals surface area contributed by atoms with Gasteiger partial charge in [-0.05, 0) is 57.3 Å². The van der Waals surface area contributed by atoms with E-state index in [1.807, 2.05) is 0 Å². The summed E-state index contributed by atoms with van der Waals surface area (Å²) >= 11 is 0. The molecule has 0 radical (unpaired) electrons. The van der Waals surface area contributed by atoms with E-state index in [1.165, 1.54) is 18.4 Å². The molecule has 1 atom stereocenters. The quantitative estimate of drug-likeness (QED) is 0.489. The first-order valence-electron chi connectivity index (χ1n) is 8.09. The Morgan fingerprint density at radius 3 is 2.52 bits per heavy atom. The molecule has 0 spiro atoms. The van der Waals surface area contributed by atoms with Crippen molar-refractivity contribution in [2.24, 2.45) is 5.92 Å². The van der Waals surface area contributed by atoms with Gasteiger partial charge in [0.05, 0.1) is 6.10 Å². The van der Waals surface area contributed by atoms with Gasteiger partial charge in [0.2, 0.25) is 0 Å². The summed E-state index contributed by atoms with van der Waals surface area (Å²) in [7, 11) is 0. The molecule has 0 aromatic rings. The molecular formula is C16H26N2O3. The zero-order valence-electron chi connectivity index (χ0n) is 12.6. The first-order valence-corrected chi connectivity index (χ1v) is 8.09. The number of hydrogen-bond donors (Lipinski definition) is 3. The molecule has 5 nitrogen and oxygen atoms in total. The third-order valence-electron chi connectivity index (χ3n) is 4.21. The highest BCUT2D eigenvalue weighted by molar-refractivity contribution is 6.35. The SMILES string of the molecule is O=C(NCCC1=CCCCC1)C(=O)NCC[C@H](O)C1CC1. The van der Waals surface area contributed by atoms with Crippen molar-refractivity contribution < 1.29 is 14.7 Å². The summed E-state index contributed by atoms with van der Waals surface area (Å²) in [5.41, 5.74) is 1.38. The van der Waals surface area contributed by atoms with E-state index < -0.39 is 11.8 Å². The topological polar surface area (TPSA) is 78.4 Å². The lowest BCUT2D eigenvalue weighted by Gasteiger charge is -2.13. The Bertz CT molecular complexity index is 402. The zero-order valence-corrected chi connectivity index (χ0v) is 12.6. The Labute approximate surface area is 126 Å². The Morgan fingerprint density at radius 1 is 1.19 bits per heavy atom. The molecule has 2 amide bonds. The first kappa shape index (κ1) is 16.0. The summed E-state index contributed by atoms with van der Waals surface area (Å²) < 4.78 is 0. The molecule has 2 aliphatic carbocycles. The summed E-state index contributed by atoms with van der Waals surface area (Å²) in [4.78, 5) is 23.2. The van der Waals surface area contributed by atoms with Crippen molar-refractivity contribution in [3.8, 4) is 0 Å². The van der Waals surface area contributed by atoms with Gasteiger partial charge >= 0.3 is 11.8 Å². The summed E-state index contributed by atoms with van der Waals surface area (Å²) in [6.07, 6.45) is 10.1. The van der Waals surface area contributed by atoms with E-state index in [1.54, 1.807) is 0 Å². The minimum atomic E-state index is -0.601.